The van der Waals surface area contributed by atoms with E-state index < -0.39 is 11.2 Å². The van der Waals surface area contributed by atoms with Crippen LogP contribution in [0, 0.1) is 0 Å². The van der Waals surface area contributed by atoms with Crippen molar-refractivity contribution in [2.45, 2.75) is 37.1 Å². The Balaban J connectivity index is 1.27. The minimum absolute atomic E-state index is 0.246. The number of furan rings is 2. The maximum absolute atomic E-state index is 13.4. The van der Waals surface area contributed by atoms with Gasteiger partial charge in [0.25, 0.3) is 0 Å². The molecule has 1 amide bonds. The lowest BCUT2D eigenvalue weighted by atomic mass is 9.89. The Morgan fingerprint density at radius 2 is 1.77 bits per heavy atom. The van der Waals surface area contributed by atoms with Crippen LogP contribution in [-0.2, 0) is 22.4 Å². The lowest BCUT2D eigenvalue weighted by Gasteiger charge is -2.16. The molecule has 1 aliphatic rings. The lowest BCUT2D eigenvalue weighted by Crippen LogP contribution is -2.23. The summed E-state index contributed by atoms with van der Waals surface area (Å²) in [6.45, 7) is 3.77. The molecule has 0 spiro atoms. The van der Waals surface area contributed by atoms with Crippen LogP contribution in [0.15, 0.2) is 75.0 Å². The molecule has 40 heavy (non-hydrogen) atoms. The second kappa shape index (κ2) is 11.1. The van der Waals surface area contributed by atoms with E-state index in [1.165, 1.54) is 16.9 Å². The summed E-state index contributed by atoms with van der Waals surface area (Å²) in [5.74, 6) is 0.284. The number of aryl methyl sites for hydroxylation is 1. The summed E-state index contributed by atoms with van der Waals surface area (Å²) in [5.41, 5.74) is 4.56. The monoisotopic (exact) mass is 572 g/mol. The molecule has 4 aromatic heterocycles. The topological polar surface area (TPSA) is 120 Å². The number of benzene rings is 1. The Morgan fingerprint density at radius 3 is 2.50 bits per heavy atom. The first-order valence-electron chi connectivity index (χ1n) is 12.7. The van der Waals surface area contributed by atoms with Crippen LogP contribution in [-0.4, -0.2) is 38.9 Å². The van der Waals surface area contributed by atoms with E-state index >= 15 is 0 Å². The summed E-state index contributed by atoms with van der Waals surface area (Å²) in [4.78, 5) is 32.0. The molecule has 202 valence electrons. The van der Waals surface area contributed by atoms with Gasteiger partial charge in [-0.05, 0) is 67.6 Å². The fourth-order valence-corrected chi connectivity index (χ4v) is 6.61. The molecule has 0 fully saturated rings. The van der Waals surface area contributed by atoms with Crippen molar-refractivity contribution in [2.75, 3.05) is 11.9 Å². The number of amides is 1. The number of rotatable bonds is 8. The van der Waals surface area contributed by atoms with Crippen molar-refractivity contribution in [1.82, 2.24) is 15.2 Å². The molecule has 0 saturated carbocycles. The predicted octanol–water partition coefficient (Wildman–Crippen LogP) is 6.51. The fourth-order valence-electron chi connectivity index (χ4n) is 4.60. The zero-order valence-electron chi connectivity index (χ0n) is 21.7. The first-order chi connectivity index (χ1) is 19.5. The summed E-state index contributed by atoms with van der Waals surface area (Å²) in [5, 5.41) is 11.7. The van der Waals surface area contributed by atoms with E-state index in [2.05, 4.69) is 32.6 Å². The third-order valence-electron chi connectivity index (χ3n) is 6.46. The summed E-state index contributed by atoms with van der Waals surface area (Å²) in [6.07, 6.45) is 4.62. The normalized spacial score (nSPS) is 12.8. The smallest absolute Gasteiger partial charge is 0.341 e. The number of nitrogens with zero attached hydrogens (tertiary/aromatic N) is 3. The highest BCUT2D eigenvalue weighted by atomic mass is 32.2. The molecule has 11 heteroatoms. The summed E-state index contributed by atoms with van der Waals surface area (Å²) in [6, 6.07) is 15.2. The average molecular weight is 573 g/mol. The van der Waals surface area contributed by atoms with Crippen LogP contribution in [0.3, 0.4) is 0 Å². The van der Waals surface area contributed by atoms with Gasteiger partial charge < -0.3 is 18.9 Å². The van der Waals surface area contributed by atoms with Crippen LogP contribution in [0.5, 0.6) is 0 Å². The highest BCUT2D eigenvalue weighted by molar-refractivity contribution is 8.00. The number of carbonyl (C=O) groups excluding carboxylic acids is 2. The van der Waals surface area contributed by atoms with E-state index in [1.807, 2.05) is 12.1 Å². The molecule has 0 bridgehead atoms. The molecule has 6 rings (SSSR count). The number of ether oxygens (including phenoxy) is 1. The standard InChI is InChI=1S/C29H24N4O5S2/c1-3-36-28(35)22-19-13-12-17-8-4-5-9-18(17)25(19)40-27(22)31-26(34)16(2)39-29-30-23(20-10-6-14-37-20)24(32-33-29)21-11-7-15-38-21/h4-11,14-16H,3,12-13H2,1-2H3,(H,31,34). The van der Waals surface area contributed by atoms with Gasteiger partial charge in [0.05, 0.1) is 29.9 Å². The summed E-state index contributed by atoms with van der Waals surface area (Å²) in [7, 11) is 0. The number of anilines is 1. The Labute approximate surface area is 238 Å². The van der Waals surface area contributed by atoms with Crippen molar-refractivity contribution in [3.05, 3.63) is 77.7 Å². The van der Waals surface area contributed by atoms with Crippen LogP contribution >= 0.6 is 23.1 Å². The molecule has 1 atom stereocenters. The largest absolute Gasteiger partial charge is 0.463 e. The van der Waals surface area contributed by atoms with Crippen molar-refractivity contribution in [3.8, 4) is 33.3 Å². The fraction of sp³-hybridized carbons (Fsp3) is 0.207. The number of nitrogens with one attached hydrogen (secondary N) is 1. The van der Waals surface area contributed by atoms with Gasteiger partial charge in [0.2, 0.25) is 11.1 Å². The Bertz CT molecular complexity index is 1680. The molecule has 0 radical (unpaired) electrons. The molecule has 1 unspecified atom stereocenters. The van der Waals surface area contributed by atoms with E-state index in [0.29, 0.717) is 45.1 Å². The molecule has 1 aliphatic carbocycles. The number of carbonyl (C=O) groups is 2. The van der Waals surface area contributed by atoms with Gasteiger partial charge in [0.1, 0.15) is 10.7 Å². The second-order valence-corrected chi connectivity index (χ2v) is 11.3. The van der Waals surface area contributed by atoms with Crippen molar-refractivity contribution in [2.24, 2.45) is 0 Å². The van der Waals surface area contributed by atoms with Crippen molar-refractivity contribution in [3.63, 3.8) is 0 Å². The van der Waals surface area contributed by atoms with E-state index in [-0.39, 0.29) is 12.5 Å². The van der Waals surface area contributed by atoms with Gasteiger partial charge in [-0.25, -0.2) is 9.78 Å². The van der Waals surface area contributed by atoms with Crippen LogP contribution in [0.4, 0.5) is 5.00 Å². The maximum atomic E-state index is 13.4. The zero-order valence-corrected chi connectivity index (χ0v) is 23.3. The van der Waals surface area contributed by atoms with Crippen LogP contribution in [0.25, 0.3) is 33.3 Å². The second-order valence-electron chi connectivity index (χ2n) is 8.99. The number of esters is 1. The summed E-state index contributed by atoms with van der Waals surface area (Å²) >= 11 is 2.56. The van der Waals surface area contributed by atoms with Crippen LogP contribution < -0.4 is 5.32 Å². The molecule has 1 N–H and O–H groups in total. The number of aromatic nitrogens is 3. The Morgan fingerprint density at radius 1 is 1.02 bits per heavy atom. The summed E-state index contributed by atoms with van der Waals surface area (Å²) < 4.78 is 16.4. The maximum Gasteiger partial charge on any atom is 0.341 e. The highest BCUT2D eigenvalue weighted by Gasteiger charge is 2.31. The minimum Gasteiger partial charge on any atom is -0.463 e. The molecule has 4 heterocycles. The first-order valence-corrected chi connectivity index (χ1v) is 14.4. The average Bonchev–Trinajstić information content (AvgIpc) is 3.74. The molecular weight excluding hydrogens is 548 g/mol. The molecule has 9 nitrogen and oxygen atoms in total. The molecule has 1 aromatic carbocycles. The van der Waals surface area contributed by atoms with Crippen molar-refractivity contribution >= 4 is 40.0 Å². The first kappa shape index (κ1) is 26.0. The number of hydrogen-bond donors (Lipinski definition) is 1. The Hall–Kier alpha value is -4.22. The molecule has 0 aliphatic heterocycles. The van der Waals surface area contributed by atoms with Crippen molar-refractivity contribution < 1.29 is 23.2 Å². The quantitative estimate of drug-likeness (QED) is 0.164. The van der Waals surface area contributed by atoms with Gasteiger partial charge in [-0.2, -0.15) is 0 Å². The van der Waals surface area contributed by atoms with Gasteiger partial charge in [-0.1, -0.05) is 36.0 Å². The van der Waals surface area contributed by atoms with Crippen LogP contribution in [0.2, 0.25) is 0 Å². The lowest BCUT2D eigenvalue weighted by molar-refractivity contribution is -0.115. The predicted molar refractivity (Wildman–Crippen MR) is 152 cm³/mol. The van der Waals surface area contributed by atoms with E-state index in [9.17, 15) is 9.59 Å². The molecule has 0 saturated heterocycles. The SMILES string of the molecule is CCOC(=O)c1c(NC(=O)C(C)Sc2nnc(-c3ccco3)c(-c3ccco3)n2)sc2c1CCc1ccccc1-2. The third kappa shape index (κ3) is 4.93. The Kier molecular flexibility index (Phi) is 7.23. The van der Waals surface area contributed by atoms with Crippen molar-refractivity contribution in [1.29, 1.82) is 0 Å². The van der Waals surface area contributed by atoms with E-state index in [1.54, 1.807) is 50.6 Å². The van der Waals surface area contributed by atoms with Gasteiger partial charge in [-0.15, -0.1) is 21.5 Å². The van der Waals surface area contributed by atoms with Crippen LogP contribution in [0.1, 0.15) is 35.3 Å². The third-order valence-corrected chi connectivity index (χ3v) is 8.59. The van der Waals surface area contributed by atoms with Gasteiger partial charge >= 0.3 is 5.97 Å². The minimum atomic E-state index is -0.595. The molecule has 5 aromatic rings. The van der Waals surface area contributed by atoms with E-state index in [0.717, 1.165) is 34.2 Å². The number of fused-ring (bicyclic) bond motifs is 3. The number of thiophene rings is 1. The van der Waals surface area contributed by atoms with Gasteiger partial charge in [0.15, 0.2) is 17.2 Å². The van der Waals surface area contributed by atoms with Gasteiger partial charge in [-0.3, -0.25) is 4.79 Å². The number of thioether (sulfide) groups is 1. The van der Waals surface area contributed by atoms with Gasteiger partial charge in [0, 0.05) is 4.88 Å². The van der Waals surface area contributed by atoms with E-state index in [4.69, 9.17) is 13.6 Å². The number of hydrogen-bond acceptors (Lipinski definition) is 10. The zero-order chi connectivity index (χ0) is 27.6. The highest BCUT2D eigenvalue weighted by Crippen LogP contribution is 2.45. The molecular formula is C29H24N4O5S2.